The normalized spacial score (nSPS) is 11.8. The molecule has 1 aliphatic carbocycles. The van der Waals surface area contributed by atoms with Gasteiger partial charge >= 0.3 is 0 Å². The monoisotopic (exact) mass is 385 g/mol. The van der Waals surface area contributed by atoms with Crippen molar-refractivity contribution in [3.63, 3.8) is 0 Å². The van der Waals surface area contributed by atoms with Crippen LogP contribution in [-0.2, 0) is 0 Å². The molecule has 0 radical (unpaired) electrons. The Hall–Kier alpha value is -2.33. The molecule has 3 heterocycles. The summed E-state index contributed by atoms with van der Waals surface area (Å²) in [6.07, 6.45) is 0. The van der Waals surface area contributed by atoms with Gasteiger partial charge in [-0.2, -0.15) is 11.3 Å². The Labute approximate surface area is 163 Å². The third-order valence-electron chi connectivity index (χ3n) is 4.81. The number of thiophene rings is 3. The van der Waals surface area contributed by atoms with Crippen molar-refractivity contribution in [3.8, 4) is 30.6 Å². The highest BCUT2D eigenvalue weighted by molar-refractivity contribution is 7.30. The molecule has 2 aromatic carbocycles. The van der Waals surface area contributed by atoms with Crippen LogP contribution < -0.4 is 0 Å². The van der Waals surface area contributed by atoms with Gasteiger partial charge in [-0.3, -0.25) is 0 Å². The van der Waals surface area contributed by atoms with Gasteiger partial charge in [-0.25, -0.2) is 11.3 Å². The van der Waals surface area contributed by atoms with Crippen molar-refractivity contribution >= 4 is 54.2 Å². The molecular weight excluding hydrogens is 372 g/mol. The highest BCUT2D eigenvalue weighted by atomic mass is 32.1. The molecule has 0 fully saturated rings. The van der Waals surface area contributed by atoms with E-state index in [1.54, 1.807) is 0 Å². The molecule has 2 aliphatic rings. The molecule has 0 amide bonds. The highest BCUT2D eigenvalue weighted by Crippen LogP contribution is 2.52. The minimum Gasteiger partial charge on any atom is -0.223 e. The zero-order chi connectivity index (χ0) is 17.1. The van der Waals surface area contributed by atoms with Gasteiger partial charge in [-0.15, -0.1) is 35.1 Å². The molecule has 0 spiro atoms. The second-order valence-corrected chi connectivity index (χ2v) is 9.60. The van der Waals surface area contributed by atoms with Crippen molar-refractivity contribution in [1.82, 2.24) is 0 Å². The average Bonchev–Trinajstić information content (AvgIpc) is 3.41. The van der Waals surface area contributed by atoms with Crippen molar-refractivity contribution in [2.75, 3.05) is 0 Å². The maximum atomic E-state index is 2.34. The minimum absolute atomic E-state index is 1.34. The lowest BCUT2D eigenvalue weighted by Gasteiger charge is -2.02. The molecule has 0 unspecified atom stereocenters. The summed E-state index contributed by atoms with van der Waals surface area (Å²) in [5, 5.41) is 2.67. The van der Waals surface area contributed by atoms with Crippen LogP contribution in [0.25, 0.3) is 50.8 Å². The Balaban J connectivity index is 1.58. The highest BCUT2D eigenvalue weighted by Gasteiger charge is 2.15. The number of hydrogen-bond donors (Lipinski definition) is 0. The van der Waals surface area contributed by atoms with E-state index in [1.165, 1.54) is 50.8 Å². The number of hydrogen-bond acceptors (Lipinski definition) is 3. The molecule has 2 aromatic heterocycles. The first-order chi connectivity index (χ1) is 12.9. The molecule has 1 aliphatic heterocycles. The summed E-state index contributed by atoms with van der Waals surface area (Å²) >= 11 is 5.73. The second kappa shape index (κ2) is 5.58. The Morgan fingerprint density at radius 3 is 2.15 bits per heavy atom. The number of benzene rings is 2. The number of fused-ring (bicyclic) bond motifs is 3. The van der Waals surface area contributed by atoms with Crippen LogP contribution in [0.2, 0.25) is 0 Å². The van der Waals surface area contributed by atoms with Crippen molar-refractivity contribution < 1.29 is 0 Å². The van der Waals surface area contributed by atoms with Crippen LogP contribution in [0.15, 0.2) is 78.9 Å². The van der Waals surface area contributed by atoms with Gasteiger partial charge in [0.25, 0.3) is 0 Å². The first-order valence-corrected chi connectivity index (χ1v) is 11.0. The van der Waals surface area contributed by atoms with Crippen LogP contribution in [0.3, 0.4) is 0 Å². The van der Waals surface area contributed by atoms with Crippen LogP contribution >= 0.6 is 34.0 Å². The molecule has 3 heteroatoms. The number of rotatable bonds is 2. The van der Waals surface area contributed by atoms with E-state index in [0.717, 1.165) is 0 Å². The largest absolute Gasteiger partial charge is 0.223 e. The van der Waals surface area contributed by atoms with E-state index in [-0.39, 0.29) is 0 Å². The van der Waals surface area contributed by atoms with E-state index in [2.05, 4.69) is 78.9 Å². The van der Waals surface area contributed by atoms with E-state index in [4.69, 9.17) is 0 Å². The van der Waals surface area contributed by atoms with Crippen LogP contribution in [0.5, 0.6) is 0 Å². The molecular formula is C23H13S3-. The van der Waals surface area contributed by atoms with Gasteiger partial charge in [-0.1, -0.05) is 48.0 Å². The first kappa shape index (κ1) is 14.8. The second-order valence-electron chi connectivity index (χ2n) is 6.41. The molecule has 0 saturated heterocycles. The molecule has 6 rings (SSSR count). The summed E-state index contributed by atoms with van der Waals surface area (Å²) in [5.74, 6) is 0. The minimum atomic E-state index is 1.34. The Morgan fingerprint density at radius 2 is 1.38 bits per heavy atom. The fourth-order valence-electron chi connectivity index (χ4n) is 3.58. The van der Waals surface area contributed by atoms with Crippen LogP contribution in [0.1, 0.15) is 0 Å². The molecule has 0 nitrogen and oxygen atoms in total. The summed E-state index contributed by atoms with van der Waals surface area (Å²) in [4.78, 5) is 5.55. The lowest BCUT2D eigenvalue weighted by Crippen LogP contribution is -1.68. The molecule has 124 valence electrons. The van der Waals surface area contributed by atoms with E-state index >= 15 is 0 Å². The SMILES string of the molecule is c1cc2c(-c3cc4ccccc4s3)s[c-](-c3cc4ccccc4s3)c-2c1. The van der Waals surface area contributed by atoms with Crippen LogP contribution in [-0.4, -0.2) is 0 Å². The van der Waals surface area contributed by atoms with Crippen molar-refractivity contribution in [2.24, 2.45) is 0 Å². The topological polar surface area (TPSA) is 0 Å². The zero-order valence-electron chi connectivity index (χ0n) is 13.7. The van der Waals surface area contributed by atoms with Crippen molar-refractivity contribution in [3.05, 3.63) is 78.9 Å². The summed E-state index contributed by atoms with van der Waals surface area (Å²) in [7, 11) is 0. The van der Waals surface area contributed by atoms with Gasteiger partial charge in [0, 0.05) is 14.3 Å². The predicted molar refractivity (Wildman–Crippen MR) is 118 cm³/mol. The van der Waals surface area contributed by atoms with Gasteiger partial charge in [0.2, 0.25) is 0 Å². The smallest absolute Gasteiger partial charge is 0.0342 e. The summed E-state index contributed by atoms with van der Waals surface area (Å²) < 4.78 is 2.72. The molecule has 0 saturated carbocycles. The zero-order valence-corrected chi connectivity index (χ0v) is 16.2. The fourth-order valence-corrected chi connectivity index (χ4v) is 7.21. The fraction of sp³-hybridized carbons (Fsp3) is 0. The first-order valence-electron chi connectivity index (χ1n) is 8.53. The standard InChI is InChI=1S/C23H13S3/c1-3-10-18-14(6-1)12-20(24-18)22-16-8-5-9-17(16)23(26-22)21-13-15-7-2-4-11-19(15)25-21/h1-13H/q-1. The Bertz CT molecular complexity index is 1170. The Kier molecular flexibility index (Phi) is 3.18. The van der Waals surface area contributed by atoms with Crippen LogP contribution in [0, 0.1) is 0 Å². The third-order valence-corrected chi connectivity index (χ3v) is 8.62. The lowest BCUT2D eigenvalue weighted by molar-refractivity contribution is 1.85. The van der Waals surface area contributed by atoms with Crippen molar-refractivity contribution in [2.45, 2.75) is 0 Å². The van der Waals surface area contributed by atoms with E-state index in [0.29, 0.717) is 0 Å². The van der Waals surface area contributed by atoms with Gasteiger partial charge in [0.05, 0.1) is 0 Å². The van der Waals surface area contributed by atoms with Crippen LogP contribution in [0.4, 0.5) is 0 Å². The lowest BCUT2D eigenvalue weighted by atomic mass is 10.1. The summed E-state index contributed by atoms with van der Waals surface area (Å²) in [6.45, 7) is 0. The summed E-state index contributed by atoms with van der Waals surface area (Å²) in [5.41, 5.74) is 2.77. The van der Waals surface area contributed by atoms with Gasteiger partial charge in [0.15, 0.2) is 0 Å². The summed E-state index contributed by atoms with van der Waals surface area (Å²) in [6, 6.07) is 28.7. The maximum Gasteiger partial charge on any atom is 0.0342 e. The van der Waals surface area contributed by atoms with E-state index in [9.17, 15) is 0 Å². The molecule has 0 atom stereocenters. The average molecular weight is 386 g/mol. The molecule has 0 N–H and O–H groups in total. The molecule has 26 heavy (non-hydrogen) atoms. The third kappa shape index (κ3) is 2.15. The van der Waals surface area contributed by atoms with E-state index < -0.39 is 0 Å². The van der Waals surface area contributed by atoms with E-state index in [1.807, 2.05) is 34.0 Å². The van der Waals surface area contributed by atoms with Gasteiger partial charge in [-0.05, 0) is 43.6 Å². The van der Waals surface area contributed by atoms with Gasteiger partial charge < -0.3 is 0 Å². The maximum absolute atomic E-state index is 2.34. The van der Waals surface area contributed by atoms with Gasteiger partial charge in [0.1, 0.15) is 0 Å². The molecule has 4 aromatic rings. The Morgan fingerprint density at radius 1 is 0.654 bits per heavy atom. The predicted octanol–water partition coefficient (Wildman–Crippen LogP) is 8.34. The molecule has 0 bridgehead atoms. The quantitative estimate of drug-likeness (QED) is 0.263. The van der Waals surface area contributed by atoms with Crippen molar-refractivity contribution in [1.29, 1.82) is 0 Å².